The van der Waals surface area contributed by atoms with Gasteiger partial charge in [0.05, 0.1) is 13.1 Å². The molecule has 0 amide bonds. The molecule has 3 aromatic rings. The molecule has 3 rings (SSSR count). The van der Waals surface area contributed by atoms with Gasteiger partial charge in [0.2, 0.25) is 0 Å². The maximum atomic E-state index is 7.33. The lowest BCUT2D eigenvalue weighted by Crippen LogP contribution is -1.97. The summed E-state index contributed by atoms with van der Waals surface area (Å²) in [5.41, 5.74) is 5.89. The highest BCUT2D eigenvalue weighted by atomic mass is 14.6. The molecular formula is C22H16N2. The van der Waals surface area contributed by atoms with E-state index in [4.69, 9.17) is 13.1 Å². The Morgan fingerprint density at radius 3 is 1.21 bits per heavy atom. The Labute approximate surface area is 142 Å². The monoisotopic (exact) mass is 308 g/mol. The van der Waals surface area contributed by atoms with Gasteiger partial charge in [-0.25, -0.2) is 9.69 Å². The number of para-hydroxylation sites is 2. The van der Waals surface area contributed by atoms with Gasteiger partial charge in [0, 0.05) is 0 Å². The third-order valence-electron chi connectivity index (χ3n) is 4.10. The number of hydrogen-bond donors (Lipinski definition) is 0. The molecule has 0 saturated heterocycles. The summed E-state index contributed by atoms with van der Waals surface area (Å²) in [5, 5.41) is 0. The Kier molecular flexibility index (Phi) is 4.70. The fraction of sp³-hybridized carbons (Fsp3) is 0.0909. The summed E-state index contributed by atoms with van der Waals surface area (Å²) in [4.78, 5) is 7.24. The summed E-state index contributed by atoms with van der Waals surface area (Å²) in [6.45, 7) is 14.7. The summed E-state index contributed by atoms with van der Waals surface area (Å²) >= 11 is 0. The minimum absolute atomic E-state index is 0.703. The molecule has 0 atom stereocenters. The van der Waals surface area contributed by atoms with Gasteiger partial charge in [-0.1, -0.05) is 72.8 Å². The number of benzene rings is 3. The lowest BCUT2D eigenvalue weighted by molar-refractivity contribution is 1.10. The van der Waals surface area contributed by atoms with Crippen molar-refractivity contribution in [3.63, 3.8) is 0 Å². The van der Waals surface area contributed by atoms with Gasteiger partial charge in [-0.3, -0.25) is 0 Å². The van der Waals surface area contributed by atoms with Crippen molar-refractivity contribution in [2.24, 2.45) is 0 Å². The van der Waals surface area contributed by atoms with Crippen molar-refractivity contribution < 1.29 is 0 Å². The molecule has 2 nitrogen and oxygen atoms in total. The van der Waals surface area contributed by atoms with Gasteiger partial charge >= 0.3 is 0 Å². The van der Waals surface area contributed by atoms with Crippen LogP contribution in [0, 0.1) is 13.1 Å². The molecule has 0 aliphatic carbocycles. The molecule has 0 bridgehead atoms. The standard InChI is InChI=1S/C22H16N2/c1-23-21-13-7-5-11-19(21)15-17-9-3-4-10-18(17)16-20-12-6-8-14-22(20)24-2/h3-14H,15-16H2. The molecule has 0 radical (unpaired) electrons. The highest BCUT2D eigenvalue weighted by Crippen LogP contribution is 2.27. The fourth-order valence-corrected chi connectivity index (χ4v) is 2.85. The van der Waals surface area contributed by atoms with E-state index in [1.807, 2.05) is 60.7 Å². The van der Waals surface area contributed by atoms with Crippen LogP contribution in [0.3, 0.4) is 0 Å². The maximum absolute atomic E-state index is 7.33. The van der Waals surface area contributed by atoms with Gasteiger partial charge in [-0.05, 0) is 35.1 Å². The predicted molar refractivity (Wildman–Crippen MR) is 97.5 cm³/mol. The van der Waals surface area contributed by atoms with E-state index >= 15 is 0 Å². The Hall–Kier alpha value is -3.36. The van der Waals surface area contributed by atoms with E-state index in [0.29, 0.717) is 11.4 Å². The normalized spacial score (nSPS) is 9.92. The quantitative estimate of drug-likeness (QED) is 0.525. The summed E-state index contributed by atoms with van der Waals surface area (Å²) < 4.78 is 0. The molecule has 0 saturated carbocycles. The second kappa shape index (κ2) is 7.27. The van der Waals surface area contributed by atoms with Gasteiger partial charge in [-0.15, -0.1) is 0 Å². The minimum Gasteiger partial charge on any atom is -0.238 e. The average molecular weight is 308 g/mol. The summed E-state index contributed by atoms with van der Waals surface area (Å²) in [5.74, 6) is 0. The SMILES string of the molecule is [C-]#[N+]c1ccccc1Cc1ccccc1Cc1ccccc1[N+]#[C-]. The first-order chi connectivity index (χ1) is 11.8. The van der Waals surface area contributed by atoms with Crippen molar-refractivity contribution in [3.8, 4) is 0 Å². The summed E-state index contributed by atoms with van der Waals surface area (Å²) in [7, 11) is 0. The first kappa shape index (κ1) is 15.5. The lowest BCUT2D eigenvalue weighted by Gasteiger charge is -2.12. The molecule has 3 aromatic carbocycles. The van der Waals surface area contributed by atoms with Gasteiger partial charge in [0.15, 0.2) is 11.4 Å². The Balaban J connectivity index is 1.94. The third-order valence-corrected chi connectivity index (χ3v) is 4.10. The molecule has 0 aromatic heterocycles. The van der Waals surface area contributed by atoms with Crippen LogP contribution in [0.1, 0.15) is 22.3 Å². The number of rotatable bonds is 4. The van der Waals surface area contributed by atoms with Crippen LogP contribution in [-0.2, 0) is 12.8 Å². The zero-order valence-electron chi connectivity index (χ0n) is 13.2. The van der Waals surface area contributed by atoms with Crippen molar-refractivity contribution in [1.29, 1.82) is 0 Å². The largest absolute Gasteiger partial charge is 0.238 e. The first-order valence-electron chi connectivity index (χ1n) is 7.79. The van der Waals surface area contributed by atoms with Crippen LogP contribution in [0.5, 0.6) is 0 Å². The third kappa shape index (κ3) is 3.35. The van der Waals surface area contributed by atoms with E-state index in [9.17, 15) is 0 Å². The van der Waals surface area contributed by atoms with E-state index in [-0.39, 0.29) is 0 Å². The maximum Gasteiger partial charge on any atom is 0.190 e. The fourth-order valence-electron chi connectivity index (χ4n) is 2.85. The molecule has 0 aliphatic heterocycles. The van der Waals surface area contributed by atoms with Crippen molar-refractivity contribution in [3.05, 3.63) is 118 Å². The Morgan fingerprint density at radius 1 is 0.500 bits per heavy atom. The van der Waals surface area contributed by atoms with E-state index in [2.05, 4.69) is 21.8 Å². The highest BCUT2D eigenvalue weighted by Gasteiger charge is 2.09. The molecule has 0 aliphatic rings. The number of hydrogen-bond acceptors (Lipinski definition) is 0. The van der Waals surface area contributed by atoms with Crippen LogP contribution in [-0.4, -0.2) is 0 Å². The van der Waals surface area contributed by atoms with Crippen LogP contribution >= 0.6 is 0 Å². The van der Waals surface area contributed by atoms with E-state index < -0.39 is 0 Å². The van der Waals surface area contributed by atoms with Crippen molar-refractivity contribution in [2.45, 2.75) is 12.8 Å². The molecule has 0 N–H and O–H groups in total. The second-order valence-corrected chi connectivity index (χ2v) is 5.60. The summed E-state index contributed by atoms with van der Waals surface area (Å²) in [6, 6.07) is 23.8. The van der Waals surface area contributed by atoms with Crippen molar-refractivity contribution >= 4 is 11.4 Å². The van der Waals surface area contributed by atoms with E-state index in [1.165, 1.54) is 11.1 Å². The zero-order chi connectivity index (χ0) is 16.8. The van der Waals surface area contributed by atoms with Crippen LogP contribution in [0.2, 0.25) is 0 Å². The molecule has 0 heterocycles. The van der Waals surface area contributed by atoms with Crippen molar-refractivity contribution in [2.75, 3.05) is 0 Å². The van der Waals surface area contributed by atoms with Gasteiger partial charge in [0.25, 0.3) is 0 Å². The average Bonchev–Trinajstić information content (AvgIpc) is 2.64. The molecule has 0 fully saturated rings. The van der Waals surface area contributed by atoms with Gasteiger partial charge in [0.1, 0.15) is 0 Å². The predicted octanol–water partition coefficient (Wildman–Crippen LogP) is 5.97. The molecule has 0 spiro atoms. The molecule has 114 valence electrons. The van der Waals surface area contributed by atoms with Crippen LogP contribution < -0.4 is 0 Å². The Morgan fingerprint density at radius 2 is 0.833 bits per heavy atom. The van der Waals surface area contributed by atoms with E-state index in [0.717, 1.165) is 24.0 Å². The van der Waals surface area contributed by atoms with Crippen molar-refractivity contribution in [1.82, 2.24) is 0 Å². The first-order valence-corrected chi connectivity index (χ1v) is 7.79. The smallest absolute Gasteiger partial charge is 0.190 e. The molecule has 24 heavy (non-hydrogen) atoms. The molecular weight excluding hydrogens is 292 g/mol. The van der Waals surface area contributed by atoms with E-state index in [1.54, 1.807) is 0 Å². The molecule has 0 unspecified atom stereocenters. The van der Waals surface area contributed by atoms with Crippen LogP contribution in [0.25, 0.3) is 9.69 Å². The topological polar surface area (TPSA) is 8.72 Å². The van der Waals surface area contributed by atoms with Crippen LogP contribution in [0.4, 0.5) is 11.4 Å². The second-order valence-electron chi connectivity index (χ2n) is 5.60. The number of nitrogens with zero attached hydrogens (tertiary/aromatic N) is 2. The molecule has 2 heteroatoms. The lowest BCUT2D eigenvalue weighted by atomic mass is 9.94. The zero-order valence-corrected chi connectivity index (χ0v) is 13.2. The Bertz CT molecular complexity index is 864. The minimum atomic E-state index is 0.703. The highest BCUT2D eigenvalue weighted by molar-refractivity contribution is 5.56. The van der Waals surface area contributed by atoms with Crippen LogP contribution in [0.15, 0.2) is 72.8 Å². The van der Waals surface area contributed by atoms with Gasteiger partial charge in [-0.2, -0.15) is 0 Å². The summed E-state index contributed by atoms with van der Waals surface area (Å²) in [6.07, 6.45) is 1.46. The van der Waals surface area contributed by atoms with Gasteiger partial charge < -0.3 is 0 Å².